The van der Waals surface area contributed by atoms with Gasteiger partial charge in [0.25, 0.3) is 0 Å². The molecule has 0 aliphatic heterocycles. The summed E-state index contributed by atoms with van der Waals surface area (Å²) in [4.78, 5) is 0. The van der Waals surface area contributed by atoms with Gasteiger partial charge in [-0.05, 0) is 41.8 Å². The average molecular weight is 277 g/mol. The Kier molecular flexibility index (Phi) is 4.93. The van der Waals surface area contributed by atoms with Crippen molar-refractivity contribution in [3.05, 3.63) is 59.7 Å². The fraction of sp³-hybridized carbons (Fsp3) is 0.250. The second kappa shape index (κ2) is 6.89. The lowest BCUT2D eigenvalue weighted by atomic mass is 10.1. The van der Waals surface area contributed by atoms with Crippen LogP contribution in [0, 0.1) is 0 Å². The normalized spacial score (nSPS) is 10.6. The van der Waals surface area contributed by atoms with E-state index in [0.717, 1.165) is 12.1 Å². The van der Waals surface area contributed by atoms with Crippen LogP contribution in [-0.4, -0.2) is 6.61 Å². The van der Waals surface area contributed by atoms with E-state index in [1.165, 1.54) is 23.3 Å². The summed E-state index contributed by atoms with van der Waals surface area (Å²) in [6, 6.07) is 14.7. The quantitative estimate of drug-likeness (QED) is 0.841. The molecular formula is C16H17F2NO. The standard InChI is InChI=1S/C16H17F2NO/c1-2-12-5-3-4-6-13(12)11-19-14-7-9-15(10-8-14)20-16(17)18/h3-10,16,19H,2,11H2,1H3. The molecule has 20 heavy (non-hydrogen) atoms. The van der Waals surface area contributed by atoms with Gasteiger partial charge in [0.05, 0.1) is 0 Å². The number of anilines is 1. The van der Waals surface area contributed by atoms with Crippen molar-refractivity contribution >= 4 is 5.69 Å². The van der Waals surface area contributed by atoms with Gasteiger partial charge in [0.15, 0.2) is 0 Å². The Morgan fingerprint density at radius 1 is 1.00 bits per heavy atom. The molecule has 0 saturated carbocycles. The molecule has 0 saturated heterocycles. The third-order valence-corrected chi connectivity index (χ3v) is 3.06. The highest BCUT2D eigenvalue weighted by molar-refractivity contribution is 5.47. The summed E-state index contributed by atoms with van der Waals surface area (Å²) in [6.07, 6.45) is 0.985. The molecule has 106 valence electrons. The van der Waals surface area contributed by atoms with Crippen LogP contribution in [0.2, 0.25) is 0 Å². The number of benzene rings is 2. The zero-order valence-electron chi connectivity index (χ0n) is 11.3. The van der Waals surface area contributed by atoms with Gasteiger partial charge in [-0.2, -0.15) is 8.78 Å². The van der Waals surface area contributed by atoms with Crippen LogP contribution in [0.25, 0.3) is 0 Å². The number of rotatable bonds is 6. The largest absolute Gasteiger partial charge is 0.435 e. The second-order valence-electron chi connectivity index (χ2n) is 4.38. The third kappa shape index (κ3) is 3.95. The molecule has 4 heteroatoms. The van der Waals surface area contributed by atoms with E-state index in [9.17, 15) is 8.78 Å². The Morgan fingerprint density at radius 3 is 2.25 bits per heavy atom. The maximum Gasteiger partial charge on any atom is 0.387 e. The first-order valence-electron chi connectivity index (χ1n) is 6.54. The van der Waals surface area contributed by atoms with Gasteiger partial charge in [-0.1, -0.05) is 31.2 Å². The number of halogens is 2. The van der Waals surface area contributed by atoms with Gasteiger partial charge >= 0.3 is 6.61 Å². The molecule has 0 radical (unpaired) electrons. The minimum Gasteiger partial charge on any atom is -0.435 e. The summed E-state index contributed by atoms with van der Waals surface area (Å²) in [7, 11) is 0. The maximum atomic E-state index is 12.0. The third-order valence-electron chi connectivity index (χ3n) is 3.06. The van der Waals surface area contributed by atoms with Gasteiger partial charge < -0.3 is 10.1 Å². The molecule has 0 spiro atoms. The molecule has 2 nitrogen and oxygen atoms in total. The van der Waals surface area contributed by atoms with Crippen molar-refractivity contribution in [2.45, 2.75) is 26.5 Å². The number of ether oxygens (including phenoxy) is 1. The first-order valence-corrected chi connectivity index (χ1v) is 6.54. The number of alkyl halides is 2. The fourth-order valence-corrected chi connectivity index (χ4v) is 2.03. The second-order valence-corrected chi connectivity index (χ2v) is 4.38. The van der Waals surface area contributed by atoms with Gasteiger partial charge in [0, 0.05) is 12.2 Å². The van der Waals surface area contributed by atoms with Crippen LogP contribution >= 0.6 is 0 Å². The molecule has 2 aromatic carbocycles. The van der Waals surface area contributed by atoms with Gasteiger partial charge in [-0.25, -0.2) is 0 Å². The van der Waals surface area contributed by atoms with Crippen LogP contribution in [0.15, 0.2) is 48.5 Å². The smallest absolute Gasteiger partial charge is 0.387 e. The summed E-state index contributed by atoms with van der Waals surface area (Å²) in [6.45, 7) is 0.0409. The van der Waals surface area contributed by atoms with Crippen molar-refractivity contribution in [1.82, 2.24) is 0 Å². The zero-order chi connectivity index (χ0) is 14.4. The van der Waals surface area contributed by atoms with Gasteiger partial charge in [-0.3, -0.25) is 0 Å². The molecule has 0 bridgehead atoms. The van der Waals surface area contributed by atoms with Crippen LogP contribution in [0.4, 0.5) is 14.5 Å². The first kappa shape index (κ1) is 14.3. The van der Waals surface area contributed by atoms with Crippen LogP contribution in [0.1, 0.15) is 18.1 Å². The lowest BCUT2D eigenvalue weighted by Crippen LogP contribution is -2.03. The number of hydrogen-bond donors (Lipinski definition) is 1. The minimum absolute atomic E-state index is 0.166. The molecule has 0 unspecified atom stereocenters. The van der Waals surface area contributed by atoms with Crippen molar-refractivity contribution in [2.24, 2.45) is 0 Å². The average Bonchev–Trinajstić information content (AvgIpc) is 2.46. The molecular weight excluding hydrogens is 260 g/mol. The van der Waals surface area contributed by atoms with Crippen molar-refractivity contribution < 1.29 is 13.5 Å². The highest BCUT2D eigenvalue weighted by atomic mass is 19.3. The Morgan fingerprint density at radius 2 is 1.65 bits per heavy atom. The lowest BCUT2D eigenvalue weighted by molar-refractivity contribution is -0.0498. The monoisotopic (exact) mass is 277 g/mol. The van der Waals surface area contributed by atoms with E-state index in [4.69, 9.17) is 0 Å². The van der Waals surface area contributed by atoms with E-state index in [1.807, 2.05) is 12.1 Å². The van der Waals surface area contributed by atoms with Crippen molar-refractivity contribution in [3.8, 4) is 5.75 Å². The van der Waals surface area contributed by atoms with Crippen molar-refractivity contribution in [3.63, 3.8) is 0 Å². The maximum absolute atomic E-state index is 12.0. The summed E-state index contributed by atoms with van der Waals surface area (Å²) < 4.78 is 28.4. The molecule has 0 aromatic heterocycles. The topological polar surface area (TPSA) is 21.3 Å². The molecule has 0 aliphatic rings. The van der Waals surface area contributed by atoms with Gasteiger partial charge in [0.1, 0.15) is 5.75 Å². The van der Waals surface area contributed by atoms with Gasteiger partial charge in [-0.15, -0.1) is 0 Å². The highest BCUT2D eigenvalue weighted by Gasteiger charge is 2.04. The number of hydrogen-bond acceptors (Lipinski definition) is 2. The van der Waals surface area contributed by atoms with E-state index in [1.54, 1.807) is 12.1 Å². The first-order chi connectivity index (χ1) is 9.69. The highest BCUT2D eigenvalue weighted by Crippen LogP contribution is 2.19. The van der Waals surface area contributed by atoms with E-state index >= 15 is 0 Å². The number of aryl methyl sites for hydroxylation is 1. The predicted octanol–water partition coefficient (Wildman–Crippen LogP) is 4.46. The Hall–Kier alpha value is -2.10. The summed E-state index contributed by atoms with van der Waals surface area (Å²) >= 11 is 0. The summed E-state index contributed by atoms with van der Waals surface area (Å²) in [5.74, 6) is 0.166. The van der Waals surface area contributed by atoms with Crippen molar-refractivity contribution in [2.75, 3.05) is 5.32 Å². The number of nitrogens with one attached hydrogen (secondary N) is 1. The SMILES string of the molecule is CCc1ccccc1CNc1ccc(OC(F)F)cc1. The zero-order valence-corrected chi connectivity index (χ0v) is 11.3. The minimum atomic E-state index is -2.79. The molecule has 0 amide bonds. The molecule has 0 fully saturated rings. The predicted molar refractivity (Wildman–Crippen MR) is 76.2 cm³/mol. The summed E-state index contributed by atoms with van der Waals surface area (Å²) in [5.41, 5.74) is 3.41. The fourth-order valence-electron chi connectivity index (χ4n) is 2.03. The van der Waals surface area contributed by atoms with Crippen LogP contribution < -0.4 is 10.1 Å². The van der Waals surface area contributed by atoms with Crippen LogP contribution in [0.5, 0.6) is 5.75 Å². The molecule has 0 aliphatic carbocycles. The Balaban J connectivity index is 1.97. The van der Waals surface area contributed by atoms with Crippen LogP contribution in [-0.2, 0) is 13.0 Å². The van der Waals surface area contributed by atoms with Gasteiger partial charge in [0.2, 0.25) is 0 Å². The van der Waals surface area contributed by atoms with Crippen molar-refractivity contribution in [1.29, 1.82) is 0 Å². The Bertz CT molecular complexity index is 540. The summed E-state index contributed by atoms with van der Waals surface area (Å²) in [5, 5.41) is 3.27. The molecule has 0 atom stereocenters. The van der Waals surface area contributed by atoms with E-state index in [2.05, 4.69) is 29.1 Å². The molecule has 2 aromatic rings. The van der Waals surface area contributed by atoms with E-state index in [0.29, 0.717) is 6.54 Å². The molecule has 1 N–H and O–H groups in total. The van der Waals surface area contributed by atoms with E-state index < -0.39 is 6.61 Å². The van der Waals surface area contributed by atoms with E-state index in [-0.39, 0.29) is 5.75 Å². The Labute approximate surface area is 117 Å². The molecule has 0 heterocycles. The lowest BCUT2D eigenvalue weighted by Gasteiger charge is -2.11. The van der Waals surface area contributed by atoms with Crippen LogP contribution in [0.3, 0.4) is 0 Å². The molecule has 2 rings (SSSR count).